The van der Waals surface area contributed by atoms with Crippen molar-refractivity contribution >= 4 is 11.8 Å². The molecule has 0 heterocycles. The molecule has 0 aromatic rings. The van der Waals surface area contributed by atoms with E-state index in [-0.39, 0.29) is 0 Å². The van der Waals surface area contributed by atoms with Gasteiger partial charge in [0, 0.05) is 0 Å². The lowest BCUT2D eigenvalue weighted by Crippen LogP contribution is -2.23. The summed E-state index contributed by atoms with van der Waals surface area (Å²) in [6, 6.07) is 0. The van der Waals surface area contributed by atoms with E-state index in [2.05, 4.69) is 37.6 Å². The molecule has 0 saturated heterocycles. The Labute approximate surface area is 81.0 Å². The van der Waals surface area contributed by atoms with Gasteiger partial charge < -0.3 is 5.32 Å². The van der Waals surface area contributed by atoms with E-state index < -0.39 is 0 Å². The molecule has 0 amide bonds. The molecule has 0 radical (unpaired) electrons. The van der Waals surface area contributed by atoms with Gasteiger partial charge in [-0.15, -0.1) is 0 Å². The minimum Gasteiger partial charge on any atom is -0.317 e. The number of nitrogens with one attached hydrogen (secondary N) is 1. The Balaban J connectivity index is 3.53. The van der Waals surface area contributed by atoms with E-state index in [0.717, 1.165) is 19.0 Å². The molecule has 1 unspecified atom stereocenters. The first-order valence-corrected chi connectivity index (χ1v) is 6.05. The van der Waals surface area contributed by atoms with Crippen molar-refractivity contribution in [2.24, 2.45) is 5.92 Å². The van der Waals surface area contributed by atoms with Crippen LogP contribution in [0.3, 0.4) is 0 Å². The van der Waals surface area contributed by atoms with Gasteiger partial charge in [-0.2, -0.15) is 11.8 Å². The summed E-state index contributed by atoms with van der Waals surface area (Å²) in [4.78, 5) is 0. The lowest BCUT2D eigenvalue weighted by molar-refractivity contribution is 0.537. The van der Waals surface area contributed by atoms with Gasteiger partial charge in [-0.3, -0.25) is 0 Å². The third-order valence-corrected chi connectivity index (χ3v) is 2.60. The van der Waals surface area contributed by atoms with Gasteiger partial charge in [0.05, 0.1) is 0 Å². The van der Waals surface area contributed by atoms with Crippen LogP contribution in [0.25, 0.3) is 0 Å². The molecule has 72 valence electrons. The van der Waals surface area contributed by atoms with Crippen molar-refractivity contribution in [3.05, 3.63) is 12.2 Å². The van der Waals surface area contributed by atoms with E-state index in [1.807, 2.05) is 11.8 Å². The second-order valence-corrected chi connectivity index (χ2v) is 3.84. The molecule has 0 aromatic heterocycles. The molecular weight excluding hydrogens is 166 g/mol. The summed E-state index contributed by atoms with van der Waals surface area (Å²) in [6.07, 6.45) is 7.79. The van der Waals surface area contributed by atoms with Gasteiger partial charge in [0.1, 0.15) is 0 Å². The minimum atomic E-state index is 0.802. The van der Waals surface area contributed by atoms with E-state index in [0.29, 0.717) is 0 Å². The summed E-state index contributed by atoms with van der Waals surface area (Å²) in [6.45, 7) is 6.48. The van der Waals surface area contributed by atoms with Crippen LogP contribution in [0.4, 0.5) is 0 Å². The van der Waals surface area contributed by atoms with E-state index >= 15 is 0 Å². The van der Waals surface area contributed by atoms with Crippen LogP contribution in [0.1, 0.15) is 20.3 Å². The SMILES string of the molecule is C/C=C\CC(CNCC)CSC. The zero-order chi connectivity index (χ0) is 9.23. The van der Waals surface area contributed by atoms with Gasteiger partial charge in [-0.05, 0) is 44.4 Å². The molecule has 0 bridgehead atoms. The van der Waals surface area contributed by atoms with Crippen LogP contribution in [-0.4, -0.2) is 25.1 Å². The lowest BCUT2D eigenvalue weighted by atomic mass is 10.1. The van der Waals surface area contributed by atoms with Crippen LogP contribution in [0.5, 0.6) is 0 Å². The fraction of sp³-hybridized carbons (Fsp3) is 0.800. The topological polar surface area (TPSA) is 12.0 Å². The first-order chi connectivity index (χ1) is 5.85. The maximum absolute atomic E-state index is 3.39. The number of allylic oxidation sites excluding steroid dienone is 2. The Hall–Kier alpha value is 0.0500. The Morgan fingerprint density at radius 1 is 1.50 bits per heavy atom. The van der Waals surface area contributed by atoms with Crippen molar-refractivity contribution in [2.75, 3.05) is 25.1 Å². The fourth-order valence-electron chi connectivity index (χ4n) is 1.12. The molecule has 2 heteroatoms. The lowest BCUT2D eigenvalue weighted by Gasteiger charge is -2.13. The van der Waals surface area contributed by atoms with Crippen LogP contribution in [0.15, 0.2) is 12.2 Å². The van der Waals surface area contributed by atoms with Crippen LogP contribution in [0.2, 0.25) is 0 Å². The van der Waals surface area contributed by atoms with E-state index in [4.69, 9.17) is 0 Å². The van der Waals surface area contributed by atoms with Gasteiger partial charge in [-0.25, -0.2) is 0 Å². The van der Waals surface area contributed by atoms with Crippen LogP contribution < -0.4 is 5.32 Å². The summed E-state index contributed by atoms with van der Waals surface area (Å²) < 4.78 is 0. The van der Waals surface area contributed by atoms with Gasteiger partial charge in [0.2, 0.25) is 0 Å². The molecule has 1 atom stereocenters. The molecule has 0 saturated carbocycles. The highest BCUT2D eigenvalue weighted by molar-refractivity contribution is 7.98. The number of rotatable bonds is 7. The molecule has 0 aliphatic carbocycles. The first-order valence-electron chi connectivity index (χ1n) is 4.65. The number of thioether (sulfide) groups is 1. The molecule has 0 aliphatic rings. The summed E-state index contributed by atoms with van der Waals surface area (Å²) >= 11 is 1.94. The summed E-state index contributed by atoms with van der Waals surface area (Å²) in [7, 11) is 0. The highest BCUT2D eigenvalue weighted by Gasteiger charge is 2.04. The van der Waals surface area contributed by atoms with Crippen LogP contribution in [0, 0.1) is 5.92 Å². The normalized spacial score (nSPS) is 13.9. The summed E-state index contributed by atoms with van der Waals surface area (Å²) in [5.74, 6) is 2.06. The molecule has 0 aliphatic heterocycles. The van der Waals surface area contributed by atoms with Gasteiger partial charge in [-0.1, -0.05) is 19.1 Å². The quantitative estimate of drug-likeness (QED) is 0.615. The second-order valence-electron chi connectivity index (χ2n) is 2.93. The Morgan fingerprint density at radius 2 is 2.25 bits per heavy atom. The number of hydrogen-bond acceptors (Lipinski definition) is 2. The van der Waals surface area contributed by atoms with Gasteiger partial charge in [0.25, 0.3) is 0 Å². The fourth-order valence-corrected chi connectivity index (χ4v) is 1.85. The average molecular weight is 187 g/mol. The van der Waals surface area contributed by atoms with Crippen LogP contribution in [-0.2, 0) is 0 Å². The summed E-state index contributed by atoms with van der Waals surface area (Å²) in [5, 5.41) is 3.39. The maximum atomic E-state index is 3.39. The first kappa shape index (κ1) is 12.0. The van der Waals surface area contributed by atoms with Crippen molar-refractivity contribution in [3.8, 4) is 0 Å². The monoisotopic (exact) mass is 187 g/mol. The largest absolute Gasteiger partial charge is 0.317 e. The standard InChI is InChI=1S/C10H21NS/c1-4-6-7-10(9-12-3)8-11-5-2/h4,6,10-11H,5,7-9H2,1-3H3/b6-4-. The Bertz CT molecular complexity index is 112. The van der Waals surface area contributed by atoms with Gasteiger partial charge >= 0.3 is 0 Å². The highest BCUT2D eigenvalue weighted by Crippen LogP contribution is 2.09. The zero-order valence-electron chi connectivity index (χ0n) is 8.47. The van der Waals surface area contributed by atoms with E-state index in [1.54, 1.807) is 0 Å². The molecule has 1 N–H and O–H groups in total. The Morgan fingerprint density at radius 3 is 2.75 bits per heavy atom. The predicted molar refractivity (Wildman–Crippen MR) is 59.8 cm³/mol. The van der Waals surface area contributed by atoms with Crippen molar-refractivity contribution in [1.29, 1.82) is 0 Å². The minimum absolute atomic E-state index is 0.802. The zero-order valence-corrected chi connectivity index (χ0v) is 9.29. The van der Waals surface area contributed by atoms with Crippen LogP contribution >= 0.6 is 11.8 Å². The second kappa shape index (κ2) is 9.14. The molecule has 0 aromatic carbocycles. The molecule has 0 fully saturated rings. The van der Waals surface area contributed by atoms with Crippen molar-refractivity contribution in [1.82, 2.24) is 5.32 Å². The third-order valence-electron chi connectivity index (χ3n) is 1.79. The van der Waals surface area contributed by atoms with Gasteiger partial charge in [0.15, 0.2) is 0 Å². The van der Waals surface area contributed by atoms with E-state index in [1.165, 1.54) is 12.2 Å². The molecule has 0 rings (SSSR count). The van der Waals surface area contributed by atoms with Crippen molar-refractivity contribution in [3.63, 3.8) is 0 Å². The molecular formula is C10H21NS. The Kier molecular flexibility index (Phi) is 9.18. The maximum Gasteiger partial charge on any atom is -0.000977 e. The smallest absolute Gasteiger partial charge is 0.000977 e. The van der Waals surface area contributed by atoms with Crippen molar-refractivity contribution < 1.29 is 0 Å². The average Bonchev–Trinajstić information content (AvgIpc) is 2.10. The molecule has 12 heavy (non-hydrogen) atoms. The number of hydrogen-bond donors (Lipinski definition) is 1. The molecule has 0 spiro atoms. The molecule has 1 nitrogen and oxygen atoms in total. The van der Waals surface area contributed by atoms with E-state index in [9.17, 15) is 0 Å². The third kappa shape index (κ3) is 6.74. The summed E-state index contributed by atoms with van der Waals surface area (Å²) in [5.41, 5.74) is 0. The predicted octanol–water partition coefficient (Wildman–Crippen LogP) is 2.54. The highest BCUT2D eigenvalue weighted by atomic mass is 32.2. The van der Waals surface area contributed by atoms with Crippen molar-refractivity contribution in [2.45, 2.75) is 20.3 Å².